The number of likely N-dealkylation sites (tertiary alicyclic amines) is 1. The molecular weight excluding hydrogens is 408 g/mol. The van der Waals surface area contributed by atoms with Gasteiger partial charge in [-0.1, -0.05) is 13.8 Å². The number of amides is 3. The minimum Gasteiger partial charge on any atom is -0.467 e. The molecule has 2 aliphatic rings. The summed E-state index contributed by atoms with van der Waals surface area (Å²) < 4.78 is 4.81. The maximum Gasteiger partial charge on any atom is 0.328 e. The van der Waals surface area contributed by atoms with Gasteiger partial charge in [-0.2, -0.15) is 11.8 Å². The van der Waals surface area contributed by atoms with Crippen LogP contribution in [0.3, 0.4) is 0 Å². The predicted octanol–water partition coefficient (Wildman–Crippen LogP) is -0.109. The average molecular weight is 443 g/mol. The van der Waals surface area contributed by atoms with Gasteiger partial charge in [0, 0.05) is 12.6 Å². The van der Waals surface area contributed by atoms with Gasteiger partial charge in [0.05, 0.1) is 18.9 Å². The van der Waals surface area contributed by atoms with Crippen molar-refractivity contribution in [3.8, 4) is 0 Å². The van der Waals surface area contributed by atoms with Crippen LogP contribution in [0, 0.1) is 5.92 Å². The highest BCUT2D eigenvalue weighted by Gasteiger charge is 2.41. The lowest BCUT2D eigenvalue weighted by molar-refractivity contribution is -0.149. The normalized spacial score (nSPS) is 25.0. The standard InChI is InChI=1S/C20H34N4O5S/c1-12(2)17(20(28)29-3)23-18(26)15-10-13(22-16(25)11-30-4)7-9-24(15)19(27)14-6-5-8-21-14/h12-15,17,21H,5-11H2,1-4H3,(H,22,25)(H,23,26)/t13-,14+,15-,17+/m0/s1. The molecule has 4 atom stereocenters. The number of carbonyl (C=O) groups is 4. The molecule has 0 spiro atoms. The zero-order valence-electron chi connectivity index (χ0n) is 18.2. The molecule has 0 bridgehead atoms. The Morgan fingerprint density at radius 3 is 2.53 bits per heavy atom. The zero-order valence-corrected chi connectivity index (χ0v) is 19.0. The highest BCUT2D eigenvalue weighted by molar-refractivity contribution is 7.99. The van der Waals surface area contributed by atoms with Crippen LogP contribution in [0.25, 0.3) is 0 Å². The smallest absolute Gasteiger partial charge is 0.328 e. The van der Waals surface area contributed by atoms with Crippen molar-refractivity contribution < 1.29 is 23.9 Å². The zero-order chi connectivity index (χ0) is 22.3. The van der Waals surface area contributed by atoms with Crippen LogP contribution in [0.1, 0.15) is 39.5 Å². The molecule has 0 aromatic carbocycles. The third-order valence-electron chi connectivity index (χ3n) is 5.61. The van der Waals surface area contributed by atoms with Crippen molar-refractivity contribution in [3.63, 3.8) is 0 Å². The first-order chi connectivity index (χ1) is 14.3. The summed E-state index contributed by atoms with van der Waals surface area (Å²) in [4.78, 5) is 51.9. The minimum atomic E-state index is -0.796. The Bertz CT molecular complexity index is 639. The van der Waals surface area contributed by atoms with E-state index in [0.717, 1.165) is 19.4 Å². The van der Waals surface area contributed by atoms with Crippen LogP contribution in [0.5, 0.6) is 0 Å². The molecule has 0 aromatic heterocycles. The number of piperidine rings is 1. The number of carbonyl (C=O) groups excluding carboxylic acids is 4. The number of rotatable bonds is 8. The van der Waals surface area contributed by atoms with E-state index in [1.54, 1.807) is 4.90 Å². The number of thioether (sulfide) groups is 1. The predicted molar refractivity (Wildman–Crippen MR) is 115 cm³/mol. The van der Waals surface area contributed by atoms with Gasteiger partial charge < -0.3 is 25.6 Å². The first kappa shape index (κ1) is 24.5. The van der Waals surface area contributed by atoms with Crippen molar-refractivity contribution in [2.24, 2.45) is 5.92 Å². The molecule has 2 heterocycles. The van der Waals surface area contributed by atoms with Crippen molar-refractivity contribution in [2.45, 2.75) is 63.7 Å². The first-order valence-corrected chi connectivity index (χ1v) is 11.9. The lowest BCUT2D eigenvalue weighted by Gasteiger charge is -2.40. The SMILES string of the molecule is COC(=O)[C@H](NC(=O)[C@@H]1C[C@@H](NC(=O)CSC)CCN1C(=O)[C@H]1CCCN1)C(C)C. The van der Waals surface area contributed by atoms with Gasteiger partial charge >= 0.3 is 5.97 Å². The van der Waals surface area contributed by atoms with Crippen LogP contribution >= 0.6 is 11.8 Å². The van der Waals surface area contributed by atoms with Gasteiger partial charge in [-0.15, -0.1) is 0 Å². The lowest BCUT2D eigenvalue weighted by atomic mass is 9.94. The van der Waals surface area contributed by atoms with Crippen LogP contribution in [0.15, 0.2) is 0 Å². The molecule has 0 saturated carbocycles. The molecule has 0 aromatic rings. The molecule has 0 unspecified atom stereocenters. The highest BCUT2D eigenvalue weighted by Crippen LogP contribution is 2.22. The molecule has 0 aliphatic carbocycles. The van der Waals surface area contributed by atoms with Crippen LogP contribution in [-0.2, 0) is 23.9 Å². The number of methoxy groups -OCH3 is 1. The molecule has 3 N–H and O–H groups in total. The van der Waals surface area contributed by atoms with Gasteiger partial charge in [0.2, 0.25) is 17.7 Å². The third kappa shape index (κ3) is 6.34. The Balaban J connectivity index is 2.16. The number of esters is 1. The third-order valence-corrected chi connectivity index (χ3v) is 6.16. The van der Waals surface area contributed by atoms with E-state index in [-0.39, 0.29) is 29.8 Å². The van der Waals surface area contributed by atoms with Crippen LogP contribution in [-0.4, -0.2) is 85.0 Å². The molecule has 9 nitrogen and oxygen atoms in total. The Morgan fingerprint density at radius 2 is 1.97 bits per heavy atom. The summed E-state index contributed by atoms with van der Waals surface area (Å²) in [6.07, 6.45) is 4.43. The average Bonchev–Trinajstić information content (AvgIpc) is 3.25. The van der Waals surface area contributed by atoms with Crippen LogP contribution < -0.4 is 16.0 Å². The number of hydrogen-bond acceptors (Lipinski definition) is 7. The van der Waals surface area contributed by atoms with E-state index in [2.05, 4.69) is 16.0 Å². The number of nitrogens with one attached hydrogen (secondary N) is 3. The molecule has 2 rings (SSSR count). The summed E-state index contributed by atoms with van der Waals surface area (Å²) in [7, 11) is 1.28. The van der Waals surface area contributed by atoms with Crippen molar-refractivity contribution in [2.75, 3.05) is 32.2 Å². The van der Waals surface area contributed by atoms with E-state index in [1.807, 2.05) is 20.1 Å². The Hall–Kier alpha value is -1.81. The van der Waals surface area contributed by atoms with Crippen molar-refractivity contribution in [1.82, 2.24) is 20.9 Å². The second-order valence-corrected chi connectivity index (χ2v) is 9.04. The molecule has 0 radical (unpaired) electrons. The molecule has 2 aliphatic heterocycles. The van der Waals surface area contributed by atoms with Crippen molar-refractivity contribution >= 4 is 35.5 Å². The molecule has 2 saturated heterocycles. The minimum absolute atomic E-state index is 0.0847. The van der Waals surface area contributed by atoms with E-state index >= 15 is 0 Å². The van der Waals surface area contributed by atoms with E-state index in [4.69, 9.17) is 4.74 Å². The summed E-state index contributed by atoms with van der Waals surface area (Å²) in [5.74, 6) is -0.912. The maximum atomic E-state index is 13.2. The molecule has 170 valence electrons. The first-order valence-electron chi connectivity index (χ1n) is 10.5. The van der Waals surface area contributed by atoms with Crippen molar-refractivity contribution in [3.05, 3.63) is 0 Å². The Kier molecular flexibility index (Phi) is 9.41. The summed E-state index contributed by atoms with van der Waals surface area (Å²) in [6, 6.07) is -2.03. The molecule has 2 fully saturated rings. The fourth-order valence-electron chi connectivity index (χ4n) is 3.98. The van der Waals surface area contributed by atoms with Gasteiger partial charge in [0.25, 0.3) is 0 Å². The second kappa shape index (κ2) is 11.5. The van der Waals surface area contributed by atoms with E-state index < -0.39 is 24.0 Å². The largest absolute Gasteiger partial charge is 0.467 e. The van der Waals surface area contributed by atoms with Crippen LogP contribution in [0.4, 0.5) is 0 Å². The summed E-state index contributed by atoms with van der Waals surface area (Å²) in [6.45, 7) is 4.80. The lowest BCUT2D eigenvalue weighted by Crippen LogP contribution is -2.61. The summed E-state index contributed by atoms with van der Waals surface area (Å²) in [5.41, 5.74) is 0. The summed E-state index contributed by atoms with van der Waals surface area (Å²) in [5, 5.41) is 8.92. The van der Waals surface area contributed by atoms with Gasteiger partial charge in [-0.05, 0) is 44.4 Å². The molecule has 3 amide bonds. The Morgan fingerprint density at radius 1 is 1.23 bits per heavy atom. The van der Waals surface area contributed by atoms with E-state index in [9.17, 15) is 19.2 Å². The number of ether oxygens (including phenoxy) is 1. The summed E-state index contributed by atoms with van der Waals surface area (Å²) >= 11 is 1.43. The van der Waals surface area contributed by atoms with Gasteiger partial charge in [0.15, 0.2) is 0 Å². The monoisotopic (exact) mass is 442 g/mol. The molecule has 30 heavy (non-hydrogen) atoms. The topological polar surface area (TPSA) is 117 Å². The van der Waals surface area contributed by atoms with Crippen LogP contribution in [0.2, 0.25) is 0 Å². The van der Waals surface area contributed by atoms with Gasteiger partial charge in [0.1, 0.15) is 12.1 Å². The molecule has 10 heteroatoms. The highest BCUT2D eigenvalue weighted by atomic mass is 32.2. The maximum absolute atomic E-state index is 13.2. The number of nitrogens with zero attached hydrogens (tertiary/aromatic N) is 1. The Labute approximate surface area is 182 Å². The van der Waals surface area contributed by atoms with E-state index in [0.29, 0.717) is 25.1 Å². The fraction of sp³-hybridized carbons (Fsp3) is 0.800. The van der Waals surface area contributed by atoms with E-state index in [1.165, 1.54) is 18.9 Å². The van der Waals surface area contributed by atoms with Gasteiger partial charge in [-0.25, -0.2) is 4.79 Å². The number of hydrogen-bond donors (Lipinski definition) is 3. The van der Waals surface area contributed by atoms with Crippen molar-refractivity contribution in [1.29, 1.82) is 0 Å². The second-order valence-electron chi connectivity index (χ2n) is 8.17. The van der Waals surface area contributed by atoms with Gasteiger partial charge in [-0.3, -0.25) is 14.4 Å². The quantitative estimate of drug-likeness (QED) is 0.449. The fourth-order valence-corrected chi connectivity index (χ4v) is 4.32. The molecular formula is C20H34N4O5S.